The topological polar surface area (TPSA) is 60.2 Å². The van der Waals surface area contributed by atoms with Crippen LogP contribution in [-0.2, 0) is 4.79 Å². The van der Waals surface area contributed by atoms with Crippen LogP contribution in [0.3, 0.4) is 0 Å². The Balaban J connectivity index is 1.32. The summed E-state index contributed by atoms with van der Waals surface area (Å²) in [6, 6.07) is 13.0. The average Bonchev–Trinajstić information content (AvgIpc) is 2.98. The van der Waals surface area contributed by atoms with Gasteiger partial charge in [0.15, 0.2) is 0 Å². The molecule has 2 aliphatic heterocycles. The molecule has 3 unspecified atom stereocenters. The molecule has 1 amide bonds. The third-order valence-electron chi connectivity index (χ3n) is 6.41. The first-order valence-corrected chi connectivity index (χ1v) is 11.8. The van der Waals surface area contributed by atoms with Crippen LogP contribution < -0.4 is 4.90 Å². The van der Waals surface area contributed by atoms with Crippen molar-refractivity contribution < 1.29 is 9.18 Å². The molecule has 1 aromatic heterocycles. The van der Waals surface area contributed by atoms with Gasteiger partial charge >= 0.3 is 0 Å². The summed E-state index contributed by atoms with van der Waals surface area (Å²) >= 11 is 1.73. The number of carbonyl (C=O) groups is 1. The van der Waals surface area contributed by atoms with Gasteiger partial charge in [-0.2, -0.15) is 17.0 Å². The highest BCUT2D eigenvalue weighted by molar-refractivity contribution is 7.99. The summed E-state index contributed by atoms with van der Waals surface area (Å²) in [6.07, 6.45) is 3.18. The maximum atomic E-state index is 13.1. The third-order valence-corrected chi connectivity index (χ3v) is 7.62. The number of hydrogen-bond donors (Lipinski definition) is 0. The van der Waals surface area contributed by atoms with Crippen LogP contribution in [0.5, 0.6) is 0 Å². The minimum Gasteiger partial charge on any atom is -0.347 e. The normalized spacial score (nSPS) is 23.5. The summed E-state index contributed by atoms with van der Waals surface area (Å²) in [7, 11) is 0. The summed E-state index contributed by atoms with van der Waals surface area (Å²) < 4.78 is 13.1. The van der Waals surface area contributed by atoms with Gasteiger partial charge in [0.05, 0.1) is 11.6 Å². The molecule has 3 heterocycles. The number of nitriles is 1. The molecule has 0 spiro atoms. The van der Waals surface area contributed by atoms with Crippen LogP contribution in [0.15, 0.2) is 42.6 Å². The third kappa shape index (κ3) is 4.69. The van der Waals surface area contributed by atoms with Crippen molar-refractivity contribution in [1.82, 2.24) is 9.88 Å². The van der Waals surface area contributed by atoms with E-state index in [4.69, 9.17) is 5.26 Å². The fourth-order valence-electron chi connectivity index (χ4n) is 4.71. The second-order valence-corrected chi connectivity index (χ2v) is 9.92. The first-order valence-electron chi connectivity index (χ1n) is 10.8. The zero-order valence-electron chi connectivity index (χ0n) is 17.9. The SMILES string of the molecule is CC(SCCC(=O)N1CC2C[C@H](C)C(C1)N2c1ccc(C#N)cn1)c1ccc(F)cc1. The highest BCUT2D eigenvalue weighted by atomic mass is 32.2. The van der Waals surface area contributed by atoms with E-state index in [1.165, 1.54) is 12.1 Å². The lowest BCUT2D eigenvalue weighted by Crippen LogP contribution is -2.56. The molecule has 2 fully saturated rings. The predicted octanol–water partition coefficient (Wildman–Crippen LogP) is 4.40. The van der Waals surface area contributed by atoms with Crippen LogP contribution in [0.1, 0.15) is 43.1 Å². The fourth-order valence-corrected chi connectivity index (χ4v) is 5.70. The standard InChI is InChI=1S/C24H27FN4OS/c1-16-11-21-14-28(15-22(16)29(21)23-8-3-18(12-26)13-27-23)24(30)9-10-31-17(2)19-4-6-20(25)7-5-19/h3-8,13,16-17,21-22H,9-11,14-15H2,1-2H3/t16-,17?,21?,22?/m0/s1. The Hall–Kier alpha value is -2.59. The number of halogens is 1. The molecule has 2 saturated heterocycles. The second kappa shape index (κ2) is 9.27. The number of amides is 1. The number of anilines is 1. The average molecular weight is 439 g/mol. The van der Waals surface area contributed by atoms with Gasteiger partial charge < -0.3 is 9.80 Å². The van der Waals surface area contributed by atoms with E-state index >= 15 is 0 Å². The van der Waals surface area contributed by atoms with Crippen LogP contribution >= 0.6 is 11.8 Å². The van der Waals surface area contributed by atoms with Crippen molar-refractivity contribution in [2.45, 2.75) is 44.0 Å². The first-order chi connectivity index (χ1) is 15.0. The molecule has 0 radical (unpaired) electrons. The molecule has 0 saturated carbocycles. The minimum atomic E-state index is -0.227. The number of carbonyl (C=O) groups excluding carboxylic acids is 1. The molecule has 0 N–H and O–H groups in total. The molecule has 31 heavy (non-hydrogen) atoms. The highest BCUT2D eigenvalue weighted by Gasteiger charge is 2.45. The molecular weight excluding hydrogens is 411 g/mol. The highest BCUT2D eigenvalue weighted by Crippen LogP contribution is 2.38. The van der Waals surface area contributed by atoms with Crippen molar-refractivity contribution in [2.75, 3.05) is 23.7 Å². The van der Waals surface area contributed by atoms with E-state index in [-0.39, 0.29) is 29.1 Å². The number of benzene rings is 1. The Morgan fingerprint density at radius 1 is 1.29 bits per heavy atom. The Labute approximate surface area is 187 Å². The van der Waals surface area contributed by atoms with Crippen molar-refractivity contribution in [1.29, 1.82) is 5.26 Å². The Bertz CT molecular complexity index is 959. The summed E-state index contributed by atoms with van der Waals surface area (Å²) in [5, 5.41) is 9.24. The van der Waals surface area contributed by atoms with Gasteiger partial charge in [-0.25, -0.2) is 9.37 Å². The van der Waals surface area contributed by atoms with Crippen LogP contribution in [0.4, 0.5) is 10.2 Å². The molecule has 4 atom stereocenters. The minimum absolute atomic E-state index is 0.204. The van der Waals surface area contributed by atoms with Crippen molar-refractivity contribution in [3.8, 4) is 6.07 Å². The Morgan fingerprint density at radius 2 is 2.06 bits per heavy atom. The van der Waals surface area contributed by atoms with Gasteiger partial charge in [0.1, 0.15) is 17.7 Å². The van der Waals surface area contributed by atoms with E-state index in [9.17, 15) is 9.18 Å². The van der Waals surface area contributed by atoms with E-state index in [1.54, 1.807) is 18.0 Å². The number of pyridine rings is 1. The first kappa shape index (κ1) is 21.6. The van der Waals surface area contributed by atoms with Crippen LogP contribution in [0.2, 0.25) is 0 Å². The predicted molar refractivity (Wildman–Crippen MR) is 121 cm³/mol. The lowest BCUT2D eigenvalue weighted by atomic mass is 10.0. The maximum Gasteiger partial charge on any atom is 0.223 e. The molecule has 7 heteroatoms. The molecule has 0 aliphatic carbocycles. The van der Waals surface area contributed by atoms with Gasteiger partial charge in [-0.15, -0.1) is 0 Å². The van der Waals surface area contributed by atoms with Gasteiger partial charge in [0.2, 0.25) is 5.91 Å². The molecule has 162 valence electrons. The fraction of sp³-hybridized carbons (Fsp3) is 0.458. The molecule has 2 aliphatic rings. The summed E-state index contributed by atoms with van der Waals surface area (Å²) in [4.78, 5) is 21.8. The maximum absolute atomic E-state index is 13.1. The summed E-state index contributed by atoms with van der Waals surface area (Å²) in [5.41, 5.74) is 1.64. The number of hydrogen-bond acceptors (Lipinski definition) is 5. The van der Waals surface area contributed by atoms with Crippen molar-refractivity contribution in [2.24, 2.45) is 5.92 Å². The summed E-state index contributed by atoms with van der Waals surface area (Å²) in [6.45, 7) is 5.78. The number of rotatable bonds is 6. The molecule has 2 bridgehead atoms. The Morgan fingerprint density at radius 3 is 2.71 bits per heavy atom. The van der Waals surface area contributed by atoms with Crippen LogP contribution in [0.25, 0.3) is 0 Å². The number of nitrogens with zero attached hydrogens (tertiary/aromatic N) is 4. The number of aromatic nitrogens is 1. The monoisotopic (exact) mass is 438 g/mol. The number of likely N-dealkylation sites (tertiary alicyclic amines) is 1. The Kier molecular flexibility index (Phi) is 6.47. The van der Waals surface area contributed by atoms with Crippen LogP contribution in [0, 0.1) is 23.1 Å². The summed E-state index contributed by atoms with van der Waals surface area (Å²) in [5.74, 6) is 2.12. The van der Waals surface area contributed by atoms with Gasteiger partial charge in [-0.05, 0) is 49.1 Å². The molecule has 1 aromatic carbocycles. The van der Waals surface area contributed by atoms with Crippen molar-refractivity contribution in [3.05, 3.63) is 59.5 Å². The quantitative estimate of drug-likeness (QED) is 0.669. The van der Waals surface area contributed by atoms with Gasteiger partial charge in [-0.3, -0.25) is 4.79 Å². The van der Waals surface area contributed by atoms with Gasteiger partial charge in [0, 0.05) is 42.8 Å². The second-order valence-electron chi connectivity index (χ2n) is 8.47. The van der Waals surface area contributed by atoms with Gasteiger partial charge in [0.25, 0.3) is 0 Å². The molecule has 2 aromatic rings. The number of fused-ring (bicyclic) bond motifs is 2. The lowest BCUT2D eigenvalue weighted by molar-refractivity contribution is -0.131. The molecular formula is C24H27FN4OS. The van der Waals surface area contributed by atoms with Crippen LogP contribution in [-0.4, -0.2) is 46.7 Å². The van der Waals surface area contributed by atoms with E-state index < -0.39 is 0 Å². The lowest BCUT2D eigenvalue weighted by Gasteiger charge is -2.42. The van der Waals surface area contributed by atoms with Gasteiger partial charge in [-0.1, -0.05) is 19.1 Å². The van der Waals surface area contributed by atoms with E-state index in [0.29, 0.717) is 17.9 Å². The van der Waals surface area contributed by atoms with Crippen molar-refractivity contribution in [3.63, 3.8) is 0 Å². The smallest absolute Gasteiger partial charge is 0.223 e. The van der Waals surface area contributed by atoms with E-state index in [2.05, 4.69) is 29.8 Å². The molecule has 4 rings (SSSR count). The number of thioether (sulfide) groups is 1. The molecule has 5 nitrogen and oxygen atoms in total. The number of piperazine rings is 1. The van der Waals surface area contributed by atoms with E-state index in [0.717, 1.165) is 36.6 Å². The van der Waals surface area contributed by atoms with Crippen molar-refractivity contribution >= 4 is 23.5 Å². The van der Waals surface area contributed by atoms with E-state index in [1.807, 2.05) is 29.2 Å². The zero-order chi connectivity index (χ0) is 22.0. The largest absolute Gasteiger partial charge is 0.347 e. The zero-order valence-corrected chi connectivity index (χ0v) is 18.7.